The fourth-order valence-corrected chi connectivity index (χ4v) is 2.43. The highest BCUT2D eigenvalue weighted by molar-refractivity contribution is 7.13. The number of rotatable bonds is 1. The van der Waals surface area contributed by atoms with Gasteiger partial charge in [-0.15, -0.1) is 11.3 Å². The maximum absolute atomic E-state index is 11.2. The van der Waals surface area contributed by atoms with E-state index in [0.717, 1.165) is 16.1 Å². The Balaban J connectivity index is 2.42. The lowest BCUT2D eigenvalue weighted by Crippen LogP contribution is -1.93. The van der Waals surface area contributed by atoms with Crippen LogP contribution in [0.2, 0.25) is 0 Å². The summed E-state index contributed by atoms with van der Waals surface area (Å²) >= 11 is 1.62. The predicted octanol–water partition coefficient (Wildman–Crippen LogP) is 2.55. The van der Waals surface area contributed by atoms with Gasteiger partial charge in [-0.1, -0.05) is 6.07 Å². The highest BCUT2D eigenvalue weighted by atomic mass is 32.1. The zero-order chi connectivity index (χ0) is 11.1. The van der Waals surface area contributed by atoms with Crippen molar-refractivity contribution < 1.29 is 4.42 Å². The van der Waals surface area contributed by atoms with E-state index in [2.05, 4.69) is 9.97 Å². The zero-order valence-electron chi connectivity index (χ0n) is 8.48. The third-order valence-corrected chi connectivity index (χ3v) is 3.22. The van der Waals surface area contributed by atoms with Gasteiger partial charge in [0.05, 0.1) is 0 Å². The van der Waals surface area contributed by atoms with Crippen molar-refractivity contribution in [2.24, 2.45) is 0 Å². The first-order valence-electron chi connectivity index (χ1n) is 4.78. The van der Waals surface area contributed by atoms with Crippen LogP contribution in [0.25, 0.3) is 21.7 Å². The third-order valence-electron chi connectivity index (χ3n) is 2.32. The lowest BCUT2D eigenvalue weighted by Gasteiger charge is -1.99. The van der Waals surface area contributed by atoms with Crippen LogP contribution in [0.15, 0.2) is 32.8 Å². The highest BCUT2D eigenvalue weighted by Crippen LogP contribution is 2.30. The number of fused-ring (bicyclic) bond motifs is 1. The molecule has 0 bridgehead atoms. The summed E-state index contributed by atoms with van der Waals surface area (Å²) in [6.07, 6.45) is 0. The summed E-state index contributed by atoms with van der Waals surface area (Å²) in [4.78, 5) is 19.1. The van der Waals surface area contributed by atoms with Crippen molar-refractivity contribution >= 4 is 22.6 Å². The van der Waals surface area contributed by atoms with E-state index in [9.17, 15) is 4.79 Å². The number of aromatic amines is 1. The standard InChI is InChI=1S/C11H8N2O2S/c1-6-5-7(8-3-2-4-16-8)9-10(12-6)15-11(14)13-9/h2-5H,1H3,(H,13,14). The number of nitrogens with zero attached hydrogens (tertiary/aromatic N) is 1. The van der Waals surface area contributed by atoms with Gasteiger partial charge < -0.3 is 4.42 Å². The molecule has 0 aliphatic heterocycles. The van der Waals surface area contributed by atoms with Crippen LogP contribution in [0.3, 0.4) is 0 Å². The van der Waals surface area contributed by atoms with Gasteiger partial charge in [0.1, 0.15) is 5.52 Å². The van der Waals surface area contributed by atoms with Crippen LogP contribution in [0.4, 0.5) is 0 Å². The lowest BCUT2D eigenvalue weighted by molar-refractivity contribution is 0.545. The molecule has 16 heavy (non-hydrogen) atoms. The van der Waals surface area contributed by atoms with Crippen LogP contribution in [-0.4, -0.2) is 9.97 Å². The average Bonchev–Trinajstić information content (AvgIpc) is 2.83. The number of hydrogen-bond donors (Lipinski definition) is 1. The molecule has 4 nitrogen and oxygen atoms in total. The molecule has 3 rings (SSSR count). The summed E-state index contributed by atoms with van der Waals surface area (Å²) in [5, 5.41) is 2.00. The molecule has 1 N–H and O–H groups in total. The highest BCUT2D eigenvalue weighted by Gasteiger charge is 2.11. The molecule has 3 heterocycles. The first-order valence-corrected chi connectivity index (χ1v) is 5.66. The Morgan fingerprint density at radius 3 is 3.12 bits per heavy atom. The smallest absolute Gasteiger partial charge is 0.389 e. The van der Waals surface area contributed by atoms with Crippen LogP contribution >= 0.6 is 11.3 Å². The first-order chi connectivity index (χ1) is 7.74. The molecule has 0 saturated carbocycles. The fourth-order valence-electron chi connectivity index (χ4n) is 1.68. The Kier molecular flexibility index (Phi) is 1.94. The molecular formula is C11H8N2O2S. The predicted molar refractivity (Wildman–Crippen MR) is 62.7 cm³/mol. The molecule has 0 aliphatic rings. The minimum atomic E-state index is -0.467. The largest absolute Gasteiger partial charge is 0.418 e. The number of pyridine rings is 1. The molecule has 0 spiro atoms. The second-order valence-electron chi connectivity index (χ2n) is 3.48. The second-order valence-corrected chi connectivity index (χ2v) is 4.43. The number of aryl methyl sites for hydroxylation is 1. The van der Waals surface area contributed by atoms with Crippen molar-refractivity contribution in [3.63, 3.8) is 0 Å². The van der Waals surface area contributed by atoms with Gasteiger partial charge in [-0.3, -0.25) is 4.98 Å². The molecule has 0 saturated heterocycles. The molecule has 5 heteroatoms. The summed E-state index contributed by atoms with van der Waals surface area (Å²) in [6.45, 7) is 1.88. The molecule has 0 unspecified atom stereocenters. The number of oxazole rings is 1. The Morgan fingerprint density at radius 1 is 1.50 bits per heavy atom. The van der Waals surface area contributed by atoms with E-state index < -0.39 is 5.76 Å². The number of hydrogen-bond acceptors (Lipinski definition) is 4. The van der Waals surface area contributed by atoms with Crippen molar-refractivity contribution in [1.29, 1.82) is 0 Å². The third kappa shape index (κ3) is 1.37. The van der Waals surface area contributed by atoms with Gasteiger partial charge in [-0.05, 0) is 24.4 Å². The summed E-state index contributed by atoms with van der Waals surface area (Å²) in [5.74, 6) is -0.467. The van der Waals surface area contributed by atoms with Crippen LogP contribution in [0, 0.1) is 6.92 Å². The van der Waals surface area contributed by atoms with Gasteiger partial charge in [0.15, 0.2) is 0 Å². The van der Waals surface area contributed by atoms with Crippen LogP contribution in [0.5, 0.6) is 0 Å². The number of H-pyrrole nitrogens is 1. The maximum atomic E-state index is 11.2. The topological polar surface area (TPSA) is 58.9 Å². The van der Waals surface area contributed by atoms with Gasteiger partial charge in [0.25, 0.3) is 0 Å². The summed E-state index contributed by atoms with van der Waals surface area (Å²) < 4.78 is 4.97. The van der Waals surface area contributed by atoms with E-state index in [1.54, 1.807) is 11.3 Å². The van der Waals surface area contributed by atoms with E-state index in [1.807, 2.05) is 30.5 Å². The lowest BCUT2D eigenvalue weighted by atomic mass is 10.2. The molecule has 0 aliphatic carbocycles. The van der Waals surface area contributed by atoms with Gasteiger partial charge in [0.2, 0.25) is 5.71 Å². The molecule has 3 aromatic rings. The van der Waals surface area contributed by atoms with Crippen molar-refractivity contribution in [3.8, 4) is 10.4 Å². The van der Waals surface area contributed by atoms with E-state index in [-0.39, 0.29) is 0 Å². The van der Waals surface area contributed by atoms with E-state index in [0.29, 0.717) is 11.2 Å². The molecule has 0 fully saturated rings. The zero-order valence-corrected chi connectivity index (χ0v) is 9.30. The fraction of sp³-hybridized carbons (Fsp3) is 0.0909. The molecule has 0 aromatic carbocycles. The summed E-state index contributed by atoms with van der Waals surface area (Å²) in [6, 6.07) is 5.92. The first kappa shape index (κ1) is 9.35. The normalized spacial score (nSPS) is 11.1. The van der Waals surface area contributed by atoms with E-state index in [1.165, 1.54) is 0 Å². The van der Waals surface area contributed by atoms with Crippen LogP contribution in [-0.2, 0) is 0 Å². The minimum absolute atomic E-state index is 0.369. The summed E-state index contributed by atoms with van der Waals surface area (Å²) in [5.41, 5.74) is 2.83. The number of nitrogens with one attached hydrogen (secondary N) is 1. The Morgan fingerprint density at radius 2 is 2.38 bits per heavy atom. The van der Waals surface area contributed by atoms with Gasteiger partial charge >= 0.3 is 5.76 Å². The Hall–Kier alpha value is -1.88. The quantitative estimate of drug-likeness (QED) is 0.701. The van der Waals surface area contributed by atoms with Gasteiger partial charge in [-0.25, -0.2) is 9.78 Å². The molecule has 0 radical (unpaired) electrons. The second kappa shape index (κ2) is 3.31. The van der Waals surface area contributed by atoms with E-state index >= 15 is 0 Å². The van der Waals surface area contributed by atoms with Crippen molar-refractivity contribution in [1.82, 2.24) is 9.97 Å². The van der Waals surface area contributed by atoms with Crippen molar-refractivity contribution in [3.05, 3.63) is 39.8 Å². The van der Waals surface area contributed by atoms with E-state index in [4.69, 9.17) is 4.42 Å². The van der Waals surface area contributed by atoms with Crippen molar-refractivity contribution in [2.75, 3.05) is 0 Å². The number of aromatic nitrogens is 2. The Bertz CT molecular complexity index is 694. The SMILES string of the molecule is Cc1cc(-c2cccs2)c2[nH]c(=O)oc2n1. The average molecular weight is 232 g/mol. The molecule has 80 valence electrons. The van der Waals surface area contributed by atoms with Crippen molar-refractivity contribution in [2.45, 2.75) is 6.92 Å². The molecule has 3 aromatic heterocycles. The molecule has 0 amide bonds. The molecular weight excluding hydrogens is 224 g/mol. The summed E-state index contributed by atoms with van der Waals surface area (Å²) in [7, 11) is 0. The van der Waals surface area contributed by atoms with Gasteiger partial charge in [0, 0.05) is 16.1 Å². The minimum Gasteiger partial charge on any atom is -0.389 e. The number of thiophene rings is 1. The molecule has 0 atom stereocenters. The van der Waals surface area contributed by atoms with Crippen LogP contribution < -0.4 is 5.76 Å². The Labute approximate surface area is 94.6 Å². The monoisotopic (exact) mass is 232 g/mol. The van der Waals surface area contributed by atoms with Crippen LogP contribution in [0.1, 0.15) is 5.69 Å². The maximum Gasteiger partial charge on any atom is 0.418 e. The van der Waals surface area contributed by atoms with Gasteiger partial charge in [-0.2, -0.15) is 0 Å².